The monoisotopic (exact) mass is 278 g/mol. The highest BCUT2D eigenvalue weighted by atomic mass is 16.4. The molecule has 1 aliphatic rings. The molecule has 0 aromatic carbocycles. The molecule has 1 fully saturated rings. The van der Waals surface area contributed by atoms with Gasteiger partial charge in [0.15, 0.2) is 0 Å². The van der Waals surface area contributed by atoms with E-state index in [2.05, 4.69) is 5.32 Å². The number of hydrogen-bond donors (Lipinski definition) is 2. The Bertz CT molecular complexity index is 495. The molecule has 5 heteroatoms. The molecule has 3 unspecified atom stereocenters. The Balaban J connectivity index is 1.95. The molecule has 110 valence electrons. The molecule has 1 aromatic rings. The zero-order chi connectivity index (χ0) is 14.7. The summed E-state index contributed by atoms with van der Waals surface area (Å²) in [5, 5.41) is 12.1. The van der Waals surface area contributed by atoms with Crippen LogP contribution in [0.5, 0.6) is 0 Å². The number of carbonyl (C=O) groups is 2. The van der Waals surface area contributed by atoms with E-state index in [1.54, 1.807) is 0 Å². The Morgan fingerprint density at radius 1 is 1.40 bits per heavy atom. The summed E-state index contributed by atoms with van der Waals surface area (Å²) in [6.45, 7) is 2.51. The third kappa shape index (κ3) is 3.21. The Morgan fingerprint density at radius 3 is 2.65 bits per heavy atom. The minimum absolute atomic E-state index is 0.128. The van der Waals surface area contributed by atoms with Crippen molar-refractivity contribution < 1.29 is 14.7 Å². The molecule has 0 radical (unpaired) electrons. The van der Waals surface area contributed by atoms with E-state index in [0.29, 0.717) is 25.3 Å². The Hall–Kier alpha value is -1.78. The van der Waals surface area contributed by atoms with Crippen LogP contribution < -0.4 is 5.32 Å². The van der Waals surface area contributed by atoms with Crippen LogP contribution in [0, 0.1) is 17.8 Å². The lowest BCUT2D eigenvalue weighted by Crippen LogP contribution is -2.34. The molecule has 5 nitrogen and oxygen atoms in total. The average molecular weight is 278 g/mol. The SMILES string of the molecule is CCC1CC(C(=O)O)C(C(=O)NCc2ccn(C)c2)C1. The van der Waals surface area contributed by atoms with Gasteiger partial charge in [-0.3, -0.25) is 9.59 Å². The first-order valence-corrected chi connectivity index (χ1v) is 7.12. The number of carboxylic acid groups (broad SMARTS) is 1. The molecule has 0 bridgehead atoms. The van der Waals surface area contributed by atoms with Gasteiger partial charge >= 0.3 is 5.97 Å². The number of aliphatic carboxylic acids is 1. The van der Waals surface area contributed by atoms with E-state index in [-0.39, 0.29) is 11.8 Å². The predicted octanol–water partition coefficient (Wildman–Crippen LogP) is 1.78. The smallest absolute Gasteiger partial charge is 0.307 e. The van der Waals surface area contributed by atoms with Crippen LogP contribution in [0.2, 0.25) is 0 Å². The molecule has 2 rings (SSSR count). The topological polar surface area (TPSA) is 71.3 Å². The van der Waals surface area contributed by atoms with Gasteiger partial charge in [0, 0.05) is 26.0 Å². The maximum Gasteiger partial charge on any atom is 0.307 e. The Morgan fingerprint density at radius 2 is 2.10 bits per heavy atom. The van der Waals surface area contributed by atoms with Gasteiger partial charge in [0.1, 0.15) is 0 Å². The van der Waals surface area contributed by atoms with Crippen LogP contribution in [0.1, 0.15) is 31.7 Å². The Kier molecular flexibility index (Phi) is 4.47. The van der Waals surface area contributed by atoms with Crippen molar-refractivity contribution in [2.24, 2.45) is 24.8 Å². The first-order chi connectivity index (χ1) is 9.51. The first kappa shape index (κ1) is 14.6. The average Bonchev–Trinajstić information content (AvgIpc) is 3.02. The summed E-state index contributed by atoms with van der Waals surface area (Å²) in [7, 11) is 1.93. The van der Waals surface area contributed by atoms with Crippen molar-refractivity contribution in [3.8, 4) is 0 Å². The maximum atomic E-state index is 12.2. The number of amides is 1. The summed E-state index contributed by atoms with van der Waals surface area (Å²) in [6.07, 6.45) is 6.11. The first-order valence-electron chi connectivity index (χ1n) is 7.12. The number of nitrogens with zero attached hydrogens (tertiary/aromatic N) is 1. The minimum Gasteiger partial charge on any atom is -0.481 e. The summed E-state index contributed by atoms with van der Waals surface area (Å²) >= 11 is 0. The van der Waals surface area contributed by atoms with Crippen LogP contribution in [0.15, 0.2) is 18.5 Å². The van der Waals surface area contributed by atoms with Crippen LogP contribution in [0.25, 0.3) is 0 Å². The molecule has 1 amide bonds. The summed E-state index contributed by atoms with van der Waals surface area (Å²) in [5.41, 5.74) is 1.03. The lowest BCUT2D eigenvalue weighted by molar-refractivity contribution is -0.146. The van der Waals surface area contributed by atoms with Crippen LogP contribution in [-0.2, 0) is 23.2 Å². The van der Waals surface area contributed by atoms with Crippen molar-refractivity contribution in [3.05, 3.63) is 24.0 Å². The molecule has 2 N–H and O–H groups in total. The van der Waals surface area contributed by atoms with E-state index < -0.39 is 11.9 Å². The fourth-order valence-corrected chi connectivity index (χ4v) is 3.02. The fraction of sp³-hybridized carbons (Fsp3) is 0.600. The molecular formula is C15H22N2O3. The van der Waals surface area contributed by atoms with E-state index in [1.807, 2.05) is 37.0 Å². The third-order valence-corrected chi connectivity index (χ3v) is 4.25. The summed E-state index contributed by atoms with van der Waals surface area (Å²) in [4.78, 5) is 23.5. The van der Waals surface area contributed by atoms with Gasteiger partial charge in [-0.2, -0.15) is 0 Å². The van der Waals surface area contributed by atoms with Gasteiger partial charge < -0.3 is 15.0 Å². The van der Waals surface area contributed by atoms with Crippen molar-refractivity contribution >= 4 is 11.9 Å². The highest BCUT2D eigenvalue weighted by Gasteiger charge is 2.41. The van der Waals surface area contributed by atoms with Crippen LogP contribution >= 0.6 is 0 Å². The number of rotatable bonds is 5. The maximum absolute atomic E-state index is 12.2. The van der Waals surface area contributed by atoms with Crippen LogP contribution in [0.4, 0.5) is 0 Å². The van der Waals surface area contributed by atoms with Gasteiger partial charge in [0.25, 0.3) is 0 Å². The second-order valence-corrected chi connectivity index (χ2v) is 5.70. The third-order valence-electron chi connectivity index (χ3n) is 4.25. The number of carboxylic acids is 1. The number of aromatic nitrogens is 1. The molecule has 0 saturated heterocycles. The Labute approximate surface area is 119 Å². The molecule has 1 heterocycles. The fourth-order valence-electron chi connectivity index (χ4n) is 3.02. The van der Waals surface area contributed by atoms with Crippen molar-refractivity contribution in [1.82, 2.24) is 9.88 Å². The van der Waals surface area contributed by atoms with E-state index >= 15 is 0 Å². The second-order valence-electron chi connectivity index (χ2n) is 5.70. The molecular weight excluding hydrogens is 256 g/mol. The second kappa shape index (κ2) is 6.11. The molecule has 1 aromatic heterocycles. The zero-order valence-electron chi connectivity index (χ0n) is 12.0. The van der Waals surface area contributed by atoms with E-state index in [0.717, 1.165) is 12.0 Å². The van der Waals surface area contributed by atoms with E-state index in [1.165, 1.54) is 0 Å². The highest BCUT2D eigenvalue weighted by Crippen LogP contribution is 2.38. The van der Waals surface area contributed by atoms with Crippen molar-refractivity contribution in [1.29, 1.82) is 0 Å². The summed E-state index contributed by atoms with van der Waals surface area (Å²) in [6, 6.07) is 1.94. The van der Waals surface area contributed by atoms with Gasteiger partial charge in [0.05, 0.1) is 11.8 Å². The molecule has 0 spiro atoms. The molecule has 20 heavy (non-hydrogen) atoms. The van der Waals surface area contributed by atoms with Gasteiger partial charge in [0.2, 0.25) is 5.91 Å². The summed E-state index contributed by atoms with van der Waals surface area (Å²) < 4.78 is 1.92. The number of hydrogen-bond acceptors (Lipinski definition) is 2. The van der Waals surface area contributed by atoms with Gasteiger partial charge in [-0.1, -0.05) is 13.3 Å². The van der Waals surface area contributed by atoms with Crippen LogP contribution in [-0.4, -0.2) is 21.6 Å². The normalized spacial score (nSPS) is 25.6. The molecule has 1 saturated carbocycles. The van der Waals surface area contributed by atoms with Crippen molar-refractivity contribution in [2.75, 3.05) is 0 Å². The number of aryl methyl sites for hydroxylation is 1. The standard InChI is InChI=1S/C15H22N2O3/c1-3-10-6-12(13(7-10)15(19)20)14(18)16-8-11-4-5-17(2)9-11/h4-5,9-10,12-13H,3,6-8H2,1-2H3,(H,16,18)(H,19,20). The quantitative estimate of drug-likeness (QED) is 0.862. The van der Waals surface area contributed by atoms with Gasteiger partial charge in [-0.25, -0.2) is 0 Å². The minimum atomic E-state index is -0.846. The van der Waals surface area contributed by atoms with Crippen molar-refractivity contribution in [2.45, 2.75) is 32.7 Å². The van der Waals surface area contributed by atoms with E-state index in [4.69, 9.17) is 0 Å². The lowest BCUT2D eigenvalue weighted by atomic mass is 9.95. The largest absolute Gasteiger partial charge is 0.481 e. The van der Waals surface area contributed by atoms with Crippen LogP contribution in [0.3, 0.4) is 0 Å². The van der Waals surface area contributed by atoms with Gasteiger partial charge in [-0.15, -0.1) is 0 Å². The highest BCUT2D eigenvalue weighted by molar-refractivity contribution is 5.85. The molecule has 1 aliphatic carbocycles. The van der Waals surface area contributed by atoms with Crippen molar-refractivity contribution in [3.63, 3.8) is 0 Å². The molecule has 0 aliphatic heterocycles. The van der Waals surface area contributed by atoms with Gasteiger partial charge in [-0.05, 0) is 30.4 Å². The predicted molar refractivity (Wildman–Crippen MR) is 74.9 cm³/mol. The summed E-state index contributed by atoms with van der Waals surface area (Å²) in [5.74, 6) is -1.54. The van der Waals surface area contributed by atoms with E-state index in [9.17, 15) is 14.7 Å². The molecule has 3 atom stereocenters. The lowest BCUT2D eigenvalue weighted by Gasteiger charge is -2.15. The number of carbonyl (C=O) groups excluding carboxylic acids is 1. The zero-order valence-corrected chi connectivity index (χ0v) is 12.0. The number of nitrogens with one attached hydrogen (secondary N) is 1.